The molecule has 3 rings (SSSR count). The number of hydrogen-bond donors (Lipinski definition) is 12. The molecule has 19 heteroatoms. The van der Waals surface area contributed by atoms with E-state index in [9.17, 15) is 61.0 Å². The minimum absolute atomic E-state index is 0.241. The van der Waals surface area contributed by atoms with Crippen molar-refractivity contribution < 1.29 is 89.4 Å². The number of aliphatic hydroxyl groups is 11. The Kier molecular flexibility index (Phi) is 66.0. The summed E-state index contributed by atoms with van der Waals surface area (Å²) in [7, 11) is 0. The fourth-order valence-corrected chi connectivity index (χ4v) is 14.9. The van der Waals surface area contributed by atoms with Gasteiger partial charge < -0.3 is 89.9 Å². The minimum Gasteiger partial charge on any atom is -0.394 e. The molecule has 0 aromatic rings. The molecule has 0 aromatic heterocycles. The molecule has 17 atom stereocenters. The Labute approximate surface area is 679 Å². The number of carbonyl (C=O) groups is 1. The molecule has 3 heterocycles. The van der Waals surface area contributed by atoms with Gasteiger partial charge in [-0.2, -0.15) is 0 Å². The second-order valence-corrected chi connectivity index (χ2v) is 32.0. The first-order valence-electron chi connectivity index (χ1n) is 45.5. The van der Waals surface area contributed by atoms with E-state index in [-0.39, 0.29) is 18.9 Å². The molecule has 0 aromatic carbocycles. The average Bonchev–Trinajstić information content (AvgIpc) is 0.780. The quantitative estimate of drug-likeness (QED) is 0.0199. The van der Waals surface area contributed by atoms with Crippen LogP contribution in [0.2, 0.25) is 0 Å². The van der Waals surface area contributed by atoms with Crippen molar-refractivity contribution in [2.24, 2.45) is 0 Å². The summed E-state index contributed by atoms with van der Waals surface area (Å²) < 4.78 is 34.5. The third-order valence-electron chi connectivity index (χ3n) is 22.1. The highest BCUT2D eigenvalue weighted by Gasteiger charge is 2.54. The zero-order valence-electron chi connectivity index (χ0n) is 70.1. The summed E-state index contributed by atoms with van der Waals surface area (Å²) in [5, 5.41) is 121. The highest BCUT2D eigenvalue weighted by molar-refractivity contribution is 5.76. The summed E-state index contributed by atoms with van der Waals surface area (Å²) in [6, 6.07) is -0.979. The van der Waals surface area contributed by atoms with Crippen LogP contribution in [0.15, 0.2) is 97.2 Å². The number of nitrogens with one attached hydrogen (secondary N) is 1. The molecule has 3 saturated heterocycles. The zero-order chi connectivity index (χ0) is 81.0. The smallest absolute Gasteiger partial charge is 0.220 e. The van der Waals surface area contributed by atoms with Crippen LogP contribution in [0.1, 0.15) is 354 Å². The summed E-state index contributed by atoms with van der Waals surface area (Å²) in [6.45, 7) is 1.67. The molecular formula is C93H165NO18. The van der Waals surface area contributed by atoms with Crippen molar-refractivity contribution in [3.63, 3.8) is 0 Å². The van der Waals surface area contributed by atoms with Gasteiger partial charge in [-0.05, 0) is 77.0 Å². The number of unbranched alkanes of at least 4 members (excludes halogenated alkanes) is 43. The van der Waals surface area contributed by atoms with E-state index in [2.05, 4.69) is 104 Å². The second kappa shape index (κ2) is 71.8. The van der Waals surface area contributed by atoms with Crippen molar-refractivity contribution in [2.45, 2.75) is 458 Å². The lowest BCUT2D eigenvalue weighted by atomic mass is 9.96. The predicted molar refractivity (Wildman–Crippen MR) is 452 cm³/mol. The van der Waals surface area contributed by atoms with Gasteiger partial charge in [0.15, 0.2) is 18.9 Å². The van der Waals surface area contributed by atoms with Gasteiger partial charge in [-0.25, -0.2) is 0 Å². The van der Waals surface area contributed by atoms with Gasteiger partial charge in [0.2, 0.25) is 5.91 Å². The van der Waals surface area contributed by atoms with Gasteiger partial charge in [0.05, 0.1) is 38.6 Å². The molecule has 3 fully saturated rings. The lowest BCUT2D eigenvalue weighted by molar-refractivity contribution is -0.379. The lowest BCUT2D eigenvalue weighted by Crippen LogP contribution is -2.66. The molecule has 0 radical (unpaired) electrons. The van der Waals surface area contributed by atoms with Gasteiger partial charge in [-0.3, -0.25) is 4.79 Å². The summed E-state index contributed by atoms with van der Waals surface area (Å²) in [4.78, 5) is 13.5. The van der Waals surface area contributed by atoms with Gasteiger partial charge in [-0.1, -0.05) is 368 Å². The van der Waals surface area contributed by atoms with Crippen LogP contribution >= 0.6 is 0 Å². The van der Waals surface area contributed by atoms with Crippen LogP contribution in [0.25, 0.3) is 0 Å². The summed E-state index contributed by atoms with van der Waals surface area (Å²) in [5.74, 6) is -0.272. The maximum Gasteiger partial charge on any atom is 0.220 e. The molecule has 12 N–H and O–H groups in total. The van der Waals surface area contributed by atoms with Crippen LogP contribution in [0, 0.1) is 0 Å². The number of aliphatic hydroxyl groups excluding tert-OH is 11. The van der Waals surface area contributed by atoms with Crippen LogP contribution in [0.5, 0.6) is 0 Å². The molecule has 0 spiro atoms. The van der Waals surface area contributed by atoms with E-state index < -0.39 is 124 Å². The Hall–Kier alpha value is -3.29. The molecule has 0 aliphatic carbocycles. The van der Waals surface area contributed by atoms with E-state index in [1.807, 2.05) is 6.08 Å². The van der Waals surface area contributed by atoms with E-state index in [1.165, 1.54) is 238 Å². The molecule has 3 aliphatic rings. The summed E-state index contributed by atoms with van der Waals surface area (Å²) >= 11 is 0. The normalized spacial score (nSPS) is 25.4. The Morgan fingerprint density at radius 1 is 0.330 bits per heavy atom. The van der Waals surface area contributed by atoms with E-state index in [0.717, 1.165) is 89.9 Å². The van der Waals surface area contributed by atoms with Crippen molar-refractivity contribution in [3.05, 3.63) is 97.2 Å². The van der Waals surface area contributed by atoms with E-state index in [4.69, 9.17) is 28.4 Å². The number of ether oxygens (including phenoxy) is 6. The minimum atomic E-state index is -1.98. The van der Waals surface area contributed by atoms with Crippen molar-refractivity contribution in [1.29, 1.82) is 0 Å². The number of carbonyl (C=O) groups excluding carboxylic acids is 1. The monoisotopic (exact) mass is 1580 g/mol. The van der Waals surface area contributed by atoms with Crippen molar-refractivity contribution >= 4 is 5.91 Å². The maximum absolute atomic E-state index is 13.5. The average molecular weight is 1590 g/mol. The van der Waals surface area contributed by atoms with Crippen molar-refractivity contribution in [2.75, 3.05) is 26.4 Å². The SMILES string of the molecule is CC/C=C\C/C=C\C/C=C\C/C=C\C/C=C\C/C=C\C/C=C\CCCCCCCCCCCCCCCCCCCC(=O)NC(COC1OC(CO)C(OC2OC(CO)C(OC3OC(CO)C(O)C(O)C3O)C(O)C2O)C(O)C1O)C(O)/C=C/CCCCCCCCCCCCCCCCCCCCCCCCCCCC. The molecule has 0 bridgehead atoms. The van der Waals surface area contributed by atoms with E-state index in [0.29, 0.717) is 6.42 Å². The van der Waals surface area contributed by atoms with Crippen LogP contribution in [-0.4, -0.2) is 193 Å². The molecule has 650 valence electrons. The Bertz CT molecular complexity index is 2400. The highest BCUT2D eigenvalue weighted by Crippen LogP contribution is 2.34. The first-order chi connectivity index (χ1) is 54.8. The zero-order valence-corrected chi connectivity index (χ0v) is 70.1. The maximum atomic E-state index is 13.5. The third-order valence-corrected chi connectivity index (χ3v) is 22.1. The summed E-state index contributed by atoms with van der Waals surface area (Å²) in [6.07, 6.45) is 72.6. The predicted octanol–water partition coefficient (Wildman–Crippen LogP) is 17.5. The summed E-state index contributed by atoms with van der Waals surface area (Å²) in [5.41, 5.74) is 0. The largest absolute Gasteiger partial charge is 0.394 e. The van der Waals surface area contributed by atoms with Gasteiger partial charge in [0.1, 0.15) is 73.2 Å². The topological polar surface area (TPSA) is 307 Å². The van der Waals surface area contributed by atoms with Crippen LogP contribution in [-0.2, 0) is 33.2 Å². The third kappa shape index (κ3) is 49.8. The first-order valence-corrected chi connectivity index (χ1v) is 45.5. The molecule has 0 saturated carbocycles. The molecule has 3 aliphatic heterocycles. The molecule has 112 heavy (non-hydrogen) atoms. The lowest BCUT2D eigenvalue weighted by Gasteiger charge is -2.48. The number of rotatable bonds is 73. The molecular weight excluding hydrogens is 1420 g/mol. The fourth-order valence-electron chi connectivity index (χ4n) is 14.9. The number of hydrogen-bond acceptors (Lipinski definition) is 18. The van der Waals surface area contributed by atoms with Gasteiger partial charge in [-0.15, -0.1) is 0 Å². The molecule has 1 amide bonds. The van der Waals surface area contributed by atoms with E-state index >= 15 is 0 Å². The molecule has 19 nitrogen and oxygen atoms in total. The Morgan fingerprint density at radius 2 is 0.616 bits per heavy atom. The van der Waals surface area contributed by atoms with Crippen molar-refractivity contribution in [3.8, 4) is 0 Å². The van der Waals surface area contributed by atoms with Crippen LogP contribution in [0.3, 0.4) is 0 Å². The Morgan fingerprint density at radius 3 is 0.964 bits per heavy atom. The number of amides is 1. The second-order valence-electron chi connectivity index (χ2n) is 32.0. The van der Waals surface area contributed by atoms with E-state index in [1.54, 1.807) is 6.08 Å². The highest BCUT2D eigenvalue weighted by atomic mass is 16.8. The Balaban J connectivity index is 1.32. The van der Waals surface area contributed by atoms with Crippen LogP contribution < -0.4 is 5.32 Å². The van der Waals surface area contributed by atoms with Crippen molar-refractivity contribution in [1.82, 2.24) is 5.32 Å². The van der Waals surface area contributed by atoms with Gasteiger partial charge >= 0.3 is 0 Å². The standard InChI is InChI=1S/C93H165NO18/c1-3-5-7-9-11-13-15-17-19-21-23-25-27-29-31-33-34-35-36-37-38-39-40-41-42-43-45-47-49-51-53-55-57-59-61-63-65-67-69-71-81(99)94-76(77(98)70-68-66-64-62-60-58-56-54-52-50-48-46-44-32-30-28-26-24-22-20-18-16-14-12-10-8-6-4-2)75-107-91-87(105)84(102)89(79(73-96)109-91)112-93-88(106)85(103)90(80(74-97)110-93)111-92-86(104)83(101)82(100)78(72-95)108-92/h5,7,11,13,17,19,23,25,29,31,34-35,37-38,68,70,76-80,82-93,95-98,100-106H,3-4,6,8-10,12,14-16,18,20-22,24,26-28,30,32-33,36,39-67,69,71-75H2,1-2H3,(H,94,99)/b7-5-,13-11-,19-17-,25-23-,31-29-,35-34-,38-37-,70-68+. The first kappa shape index (κ1) is 103. The van der Waals surface area contributed by atoms with Gasteiger partial charge in [0.25, 0.3) is 0 Å². The number of allylic oxidation sites excluding steroid dienone is 15. The fraction of sp³-hybridized carbons (Fsp3) is 0.817. The van der Waals surface area contributed by atoms with Crippen LogP contribution in [0.4, 0.5) is 0 Å². The molecule has 17 unspecified atom stereocenters. The van der Waals surface area contributed by atoms with Gasteiger partial charge in [0, 0.05) is 6.42 Å².